The fraction of sp³-hybridized carbons (Fsp3) is 0.333. The quantitative estimate of drug-likeness (QED) is 0.645. The molecule has 160 valence electrons. The van der Waals surface area contributed by atoms with E-state index < -0.39 is 23.9 Å². The number of amides is 2. The van der Waals surface area contributed by atoms with E-state index >= 15 is 0 Å². The topological polar surface area (TPSA) is 106 Å². The van der Waals surface area contributed by atoms with Gasteiger partial charge in [0.2, 0.25) is 5.91 Å². The van der Waals surface area contributed by atoms with E-state index in [4.69, 9.17) is 5.73 Å². The molecule has 0 bridgehead atoms. The molecule has 3 heterocycles. The molecular formula is C21H20F2N6O2. The molecule has 0 spiro atoms. The first-order valence-electron chi connectivity index (χ1n) is 10.00. The average molecular weight is 426 g/mol. The zero-order valence-electron chi connectivity index (χ0n) is 16.5. The summed E-state index contributed by atoms with van der Waals surface area (Å²) in [6.45, 7) is 0.735. The van der Waals surface area contributed by atoms with Crippen LogP contribution < -0.4 is 11.1 Å². The number of alkyl halides is 1. The van der Waals surface area contributed by atoms with Crippen LogP contribution in [-0.2, 0) is 11.3 Å². The number of benzene rings is 1. The Balaban J connectivity index is 1.32. The summed E-state index contributed by atoms with van der Waals surface area (Å²) >= 11 is 0. The summed E-state index contributed by atoms with van der Waals surface area (Å²) in [6.07, 6.45) is 0.326. The van der Waals surface area contributed by atoms with Crippen LogP contribution in [0.15, 0.2) is 36.5 Å². The first kappa shape index (κ1) is 19.4. The van der Waals surface area contributed by atoms with Gasteiger partial charge >= 0.3 is 0 Å². The number of fused-ring (bicyclic) bond motifs is 1. The third kappa shape index (κ3) is 3.58. The number of para-hydroxylation sites is 1. The van der Waals surface area contributed by atoms with E-state index in [-0.39, 0.29) is 29.8 Å². The summed E-state index contributed by atoms with van der Waals surface area (Å²) in [7, 11) is 0. The Morgan fingerprint density at radius 1 is 1.26 bits per heavy atom. The Morgan fingerprint density at radius 3 is 2.74 bits per heavy atom. The average Bonchev–Trinajstić information content (AvgIpc) is 3.28. The molecule has 0 radical (unpaired) electrons. The lowest BCUT2D eigenvalue weighted by Gasteiger charge is -2.38. The lowest BCUT2D eigenvalue weighted by atomic mass is 9.93. The third-order valence-electron chi connectivity index (χ3n) is 5.70. The third-order valence-corrected chi connectivity index (χ3v) is 5.70. The zero-order chi connectivity index (χ0) is 21.7. The number of carbonyl (C=O) groups is 2. The highest BCUT2D eigenvalue weighted by Crippen LogP contribution is 2.33. The highest BCUT2D eigenvalue weighted by molar-refractivity contribution is 5.96. The van der Waals surface area contributed by atoms with E-state index in [9.17, 15) is 18.4 Å². The second-order valence-electron chi connectivity index (χ2n) is 7.98. The smallest absolute Gasteiger partial charge is 0.257 e. The molecule has 8 nitrogen and oxygen atoms in total. The predicted molar refractivity (Wildman–Crippen MR) is 108 cm³/mol. The van der Waals surface area contributed by atoms with Gasteiger partial charge in [-0.3, -0.25) is 14.3 Å². The van der Waals surface area contributed by atoms with Crippen LogP contribution in [0.4, 0.5) is 14.6 Å². The number of anilines is 1. The van der Waals surface area contributed by atoms with Crippen molar-refractivity contribution in [2.75, 3.05) is 18.8 Å². The summed E-state index contributed by atoms with van der Waals surface area (Å²) in [5, 5.41) is 8.16. The number of likely N-dealkylation sites (tertiary alicyclic amines) is 1. The van der Waals surface area contributed by atoms with Gasteiger partial charge in [-0.1, -0.05) is 18.2 Å². The minimum Gasteiger partial charge on any atom is -0.384 e. The number of nitrogens with two attached hydrogens (primary N) is 1. The first-order valence-corrected chi connectivity index (χ1v) is 10.00. The number of halogens is 2. The van der Waals surface area contributed by atoms with Crippen molar-refractivity contribution in [3.63, 3.8) is 0 Å². The molecule has 1 saturated carbocycles. The maximum Gasteiger partial charge on any atom is 0.257 e. The molecule has 1 saturated heterocycles. The summed E-state index contributed by atoms with van der Waals surface area (Å²) in [5.74, 6) is -1.42. The van der Waals surface area contributed by atoms with Crippen LogP contribution in [0.5, 0.6) is 0 Å². The summed E-state index contributed by atoms with van der Waals surface area (Å²) in [4.78, 5) is 30.0. The van der Waals surface area contributed by atoms with Gasteiger partial charge in [0.25, 0.3) is 5.91 Å². The minimum atomic E-state index is -0.965. The summed E-state index contributed by atoms with van der Waals surface area (Å²) in [5.41, 5.74) is 7.03. The maximum atomic E-state index is 14.0. The van der Waals surface area contributed by atoms with Gasteiger partial charge in [-0.2, -0.15) is 5.10 Å². The fourth-order valence-corrected chi connectivity index (χ4v) is 3.88. The monoisotopic (exact) mass is 426 g/mol. The Hall–Kier alpha value is -3.56. The van der Waals surface area contributed by atoms with E-state index in [1.54, 1.807) is 4.68 Å². The van der Waals surface area contributed by atoms with Crippen LogP contribution in [-0.4, -0.2) is 56.8 Å². The molecule has 5 rings (SSSR count). The van der Waals surface area contributed by atoms with Crippen molar-refractivity contribution in [1.29, 1.82) is 0 Å². The largest absolute Gasteiger partial charge is 0.384 e. The molecular weight excluding hydrogens is 406 g/mol. The maximum absolute atomic E-state index is 14.0. The number of hydrogen-bond donors (Lipinski definition) is 2. The van der Waals surface area contributed by atoms with E-state index in [0.717, 1.165) is 22.8 Å². The molecule has 10 heteroatoms. The molecule has 2 fully saturated rings. The number of nitrogens with zero attached hydrogens (tertiary/aromatic N) is 4. The van der Waals surface area contributed by atoms with Gasteiger partial charge in [-0.05, 0) is 12.1 Å². The van der Waals surface area contributed by atoms with Crippen LogP contribution in [0.1, 0.15) is 28.4 Å². The molecule has 31 heavy (non-hydrogen) atoms. The molecule has 2 atom stereocenters. The molecule has 0 unspecified atom stereocenters. The Bertz CT molecular complexity index is 1190. The van der Waals surface area contributed by atoms with Gasteiger partial charge in [-0.15, -0.1) is 0 Å². The number of aromatic nitrogens is 3. The van der Waals surface area contributed by atoms with Gasteiger partial charge in [0.1, 0.15) is 18.5 Å². The van der Waals surface area contributed by atoms with Gasteiger partial charge in [0.05, 0.1) is 29.0 Å². The van der Waals surface area contributed by atoms with Gasteiger partial charge in [0, 0.05) is 30.8 Å². The lowest BCUT2D eigenvalue weighted by Crippen LogP contribution is -2.49. The molecule has 1 aliphatic carbocycles. The zero-order valence-corrected chi connectivity index (χ0v) is 16.5. The summed E-state index contributed by atoms with van der Waals surface area (Å²) in [6, 6.07) is 8.35. The molecule has 2 amide bonds. The summed E-state index contributed by atoms with van der Waals surface area (Å²) < 4.78 is 28.6. The molecule has 1 aromatic carbocycles. The normalized spacial score (nSPS) is 20.5. The standard InChI is InChI=1S/C21H20F2N6O2/c22-14-6-16(14)26-19(30)10-29-17-4-2-1-3-12(17)20(27-29)11-8-28(9-11)21(31)13-5-18(24)25-7-15(13)23/h1-5,7,11,14,16H,6,8-10H2,(H2,24,25)(H,26,30)/t14-,16-/m1/s1. The molecule has 2 aliphatic rings. The number of hydrogen-bond acceptors (Lipinski definition) is 5. The van der Waals surface area contributed by atoms with Crippen molar-refractivity contribution >= 4 is 28.5 Å². The first-order chi connectivity index (χ1) is 14.9. The number of carbonyl (C=O) groups excluding carboxylic acids is 2. The van der Waals surface area contributed by atoms with E-state index in [2.05, 4.69) is 15.4 Å². The lowest BCUT2D eigenvalue weighted by molar-refractivity contribution is -0.122. The van der Waals surface area contributed by atoms with Crippen molar-refractivity contribution in [2.24, 2.45) is 0 Å². The number of nitrogen functional groups attached to an aromatic ring is 1. The van der Waals surface area contributed by atoms with Crippen molar-refractivity contribution in [2.45, 2.75) is 31.1 Å². The SMILES string of the molecule is Nc1cc(C(=O)N2CC(c3nn(CC(=O)N[C@@H]4C[C@H]4F)c4ccccc34)C2)c(F)cn1. The Kier molecular flexibility index (Phi) is 4.57. The van der Waals surface area contributed by atoms with Crippen molar-refractivity contribution in [3.05, 3.63) is 53.6 Å². The van der Waals surface area contributed by atoms with E-state index in [0.29, 0.717) is 19.5 Å². The van der Waals surface area contributed by atoms with Gasteiger partial charge in [-0.25, -0.2) is 13.8 Å². The molecule has 3 N–H and O–H groups in total. The van der Waals surface area contributed by atoms with E-state index in [1.807, 2.05) is 24.3 Å². The molecule has 1 aliphatic heterocycles. The predicted octanol–water partition coefficient (Wildman–Crippen LogP) is 1.62. The van der Waals surface area contributed by atoms with Crippen molar-refractivity contribution in [1.82, 2.24) is 25.0 Å². The van der Waals surface area contributed by atoms with Crippen LogP contribution in [0, 0.1) is 5.82 Å². The van der Waals surface area contributed by atoms with Crippen LogP contribution in [0.3, 0.4) is 0 Å². The van der Waals surface area contributed by atoms with Gasteiger partial charge in [0.15, 0.2) is 5.82 Å². The van der Waals surface area contributed by atoms with Crippen molar-refractivity contribution in [3.8, 4) is 0 Å². The van der Waals surface area contributed by atoms with E-state index in [1.165, 1.54) is 11.0 Å². The number of nitrogens with one attached hydrogen (secondary N) is 1. The van der Waals surface area contributed by atoms with Crippen LogP contribution in [0.2, 0.25) is 0 Å². The second-order valence-corrected chi connectivity index (χ2v) is 7.98. The van der Waals surface area contributed by atoms with Crippen LogP contribution in [0.25, 0.3) is 10.9 Å². The second kappa shape index (κ2) is 7.29. The Labute approximate surface area is 176 Å². The van der Waals surface area contributed by atoms with Crippen LogP contribution >= 0.6 is 0 Å². The fourth-order valence-electron chi connectivity index (χ4n) is 3.88. The Morgan fingerprint density at radius 2 is 2.00 bits per heavy atom. The number of rotatable bonds is 5. The van der Waals surface area contributed by atoms with Gasteiger partial charge < -0.3 is 16.0 Å². The molecule has 3 aromatic rings. The highest BCUT2D eigenvalue weighted by Gasteiger charge is 2.39. The molecule has 2 aromatic heterocycles. The highest BCUT2D eigenvalue weighted by atomic mass is 19.1. The number of pyridine rings is 1. The van der Waals surface area contributed by atoms with Crippen molar-refractivity contribution < 1.29 is 18.4 Å². The minimum absolute atomic E-state index is 0.0133.